The molecule has 2 fully saturated rings. The van der Waals surface area contributed by atoms with Crippen LogP contribution in [0.1, 0.15) is 55.8 Å². The summed E-state index contributed by atoms with van der Waals surface area (Å²) in [6, 6.07) is 10.3. The predicted molar refractivity (Wildman–Crippen MR) is 107 cm³/mol. The Hall–Kier alpha value is -2.57. The number of nitrogens with zero attached hydrogens (tertiary/aromatic N) is 4. The Morgan fingerprint density at radius 3 is 2.64 bits per heavy atom. The average Bonchev–Trinajstić information content (AvgIpc) is 3.32. The number of nitrogens with one attached hydrogen (secondary N) is 1. The number of carbonyl (C=O) groups excluding carboxylic acids is 1. The van der Waals surface area contributed by atoms with E-state index in [2.05, 4.69) is 10.4 Å². The van der Waals surface area contributed by atoms with Gasteiger partial charge in [0, 0.05) is 32.1 Å². The van der Waals surface area contributed by atoms with Crippen LogP contribution in [-0.4, -0.2) is 44.4 Å². The molecule has 1 atom stereocenters. The molecule has 0 bridgehead atoms. The van der Waals surface area contributed by atoms with Gasteiger partial charge in [0.2, 0.25) is 0 Å². The number of aryl methyl sites for hydroxylation is 1. The molecule has 1 N–H and O–H groups in total. The second-order valence-corrected chi connectivity index (χ2v) is 8.05. The molecule has 1 aromatic heterocycles. The quantitative estimate of drug-likeness (QED) is 0.882. The molecule has 1 aliphatic heterocycles. The molecule has 0 spiro atoms. The van der Waals surface area contributed by atoms with Crippen LogP contribution >= 0.6 is 0 Å². The lowest BCUT2D eigenvalue weighted by Gasteiger charge is -2.33. The van der Waals surface area contributed by atoms with Gasteiger partial charge in [-0.2, -0.15) is 5.10 Å². The van der Waals surface area contributed by atoms with E-state index >= 15 is 0 Å². The van der Waals surface area contributed by atoms with Gasteiger partial charge in [0.15, 0.2) is 0 Å². The highest BCUT2D eigenvalue weighted by Crippen LogP contribution is 2.26. The van der Waals surface area contributed by atoms with Crippen molar-refractivity contribution in [3.63, 3.8) is 0 Å². The maximum absolute atomic E-state index is 12.7. The molecular formula is C21H29N5O2. The molecule has 2 heterocycles. The summed E-state index contributed by atoms with van der Waals surface area (Å²) in [5.41, 5.74) is 0.969. The number of piperidine rings is 1. The molecule has 1 aromatic carbocycles. The third-order valence-corrected chi connectivity index (χ3v) is 5.98. The van der Waals surface area contributed by atoms with E-state index in [9.17, 15) is 9.59 Å². The van der Waals surface area contributed by atoms with E-state index in [1.807, 2.05) is 35.2 Å². The number of urea groups is 1. The number of hydrogen-bond acceptors (Lipinski definition) is 3. The fraction of sp³-hybridized carbons (Fsp3) is 0.571. The first-order valence-corrected chi connectivity index (χ1v) is 10.3. The zero-order valence-electron chi connectivity index (χ0n) is 16.5. The minimum atomic E-state index is -0.105. The van der Waals surface area contributed by atoms with Crippen molar-refractivity contribution < 1.29 is 4.79 Å². The number of carbonyl (C=O) groups is 1. The van der Waals surface area contributed by atoms with E-state index in [-0.39, 0.29) is 17.6 Å². The van der Waals surface area contributed by atoms with E-state index in [1.165, 1.54) is 17.5 Å². The number of aromatic nitrogens is 3. The highest BCUT2D eigenvalue weighted by atomic mass is 16.2. The third kappa shape index (κ3) is 3.98. The minimum Gasteiger partial charge on any atom is -0.335 e. The van der Waals surface area contributed by atoms with Gasteiger partial charge in [-0.05, 0) is 31.2 Å². The van der Waals surface area contributed by atoms with Crippen molar-refractivity contribution in [1.29, 1.82) is 0 Å². The molecule has 0 radical (unpaired) electrons. The van der Waals surface area contributed by atoms with Gasteiger partial charge in [0.25, 0.3) is 0 Å². The van der Waals surface area contributed by atoms with Crippen LogP contribution in [0.15, 0.2) is 35.1 Å². The summed E-state index contributed by atoms with van der Waals surface area (Å²) in [4.78, 5) is 27.3. The summed E-state index contributed by atoms with van der Waals surface area (Å²) in [6.45, 7) is 1.89. The molecule has 1 unspecified atom stereocenters. The van der Waals surface area contributed by atoms with Crippen LogP contribution in [0.2, 0.25) is 0 Å². The smallest absolute Gasteiger partial charge is 0.335 e. The van der Waals surface area contributed by atoms with Crippen LogP contribution in [0.25, 0.3) is 0 Å². The van der Waals surface area contributed by atoms with Gasteiger partial charge in [0.05, 0.1) is 6.54 Å². The maximum atomic E-state index is 12.7. The Balaban J connectivity index is 1.51. The minimum absolute atomic E-state index is 0.0319. The first-order chi connectivity index (χ1) is 13.6. The summed E-state index contributed by atoms with van der Waals surface area (Å²) in [5, 5.41) is 7.72. The lowest BCUT2D eigenvalue weighted by molar-refractivity contribution is 0.174. The fourth-order valence-corrected chi connectivity index (χ4v) is 4.45. The first kappa shape index (κ1) is 18.8. The molecule has 1 aliphatic carbocycles. The van der Waals surface area contributed by atoms with Crippen LogP contribution in [0.5, 0.6) is 0 Å². The lowest BCUT2D eigenvalue weighted by atomic mass is 9.97. The number of amides is 2. The average molecular weight is 383 g/mol. The van der Waals surface area contributed by atoms with Gasteiger partial charge in [0.1, 0.15) is 5.82 Å². The van der Waals surface area contributed by atoms with E-state index < -0.39 is 0 Å². The van der Waals surface area contributed by atoms with Crippen molar-refractivity contribution in [3.8, 4) is 0 Å². The Morgan fingerprint density at radius 2 is 1.89 bits per heavy atom. The van der Waals surface area contributed by atoms with Gasteiger partial charge >= 0.3 is 11.7 Å². The molecule has 1 saturated carbocycles. The molecule has 2 amide bonds. The zero-order valence-corrected chi connectivity index (χ0v) is 16.5. The molecule has 2 aliphatic rings. The van der Waals surface area contributed by atoms with Crippen molar-refractivity contribution in [2.24, 2.45) is 7.05 Å². The molecule has 1 saturated heterocycles. The van der Waals surface area contributed by atoms with E-state index in [1.54, 1.807) is 11.6 Å². The highest BCUT2D eigenvalue weighted by molar-refractivity contribution is 5.74. The van der Waals surface area contributed by atoms with E-state index in [4.69, 9.17) is 0 Å². The van der Waals surface area contributed by atoms with Gasteiger partial charge in [-0.25, -0.2) is 14.3 Å². The largest absolute Gasteiger partial charge is 0.345 e. The summed E-state index contributed by atoms with van der Waals surface area (Å²) in [7, 11) is 1.70. The second kappa shape index (κ2) is 8.20. The molecule has 28 heavy (non-hydrogen) atoms. The summed E-state index contributed by atoms with van der Waals surface area (Å²) >= 11 is 0. The van der Waals surface area contributed by atoms with Gasteiger partial charge in [-0.1, -0.05) is 43.2 Å². The molecule has 7 heteroatoms. The van der Waals surface area contributed by atoms with Crippen LogP contribution in [0, 0.1) is 0 Å². The number of likely N-dealkylation sites (tertiary alicyclic amines) is 1. The van der Waals surface area contributed by atoms with Gasteiger partial charge in [-0.15, -0.1) is 0 Å². The van der Waals surface area contributed by atoms with Crippen molar-refractivity contribution in [3.05, 3.63) is 52.2 Å². The van der Waals surface area contributed by atoms with Crippen LogP contribution in [-0.2, 0) is 13.6 Å². The SMILES string of the molecule is Cn1nc(C2CCCN(C(=O)NC3CCCC3)C2)n(Cc2ccccc2)c1=O. The second-order valence-electron chi connectivity index (χ2n) is 8.05. The van der Waals surface area contributed by atoms with Crippen LogP contribution in [0.4, 0.5) is 4.79 Å². The Labute approximate surface area is 165 Å². The summed E-state index contributed by atoms with van der Waals surface area (Å²) in [5.74, 6) is 0.871. The zero-order chi connectivity index (χ0) is 19.5. The Kier molecular flexibility index (Phi) is 5.50. The monoisotopic (exact) mass is 383 g/mol. The molecule has 150 valence electrons. The van der Waals surface area contributed by atoms with Gasteiger partial charge < -0.3 is 10.2 Å². The molecule has 7 nitrogen and oxygen atoms in total. The Bertz CT molecular complexity index is 867. The van der Waals surface area contributed by atoms with Crippen molar-refractivity contribution in [2.45, 2.75) is 57.0 Å². The number of rotatable bonds is 4. The van der Waals surface area contributed by atoms with Crippen LogP contribution < -0.4 is 11.0 Å². The standard InChI is InChI=1S/C21H29N5O2/c1-24-21(28)26(14-16-8-3-2-4-9-16)19(23-24)17-10-7-13-25(15-17)20(27)22-18-11-5-6-12-18/h2-4,8-9,17-18H,5-7,10-15H2,1H3,(H,22,27). The van der Waals surface area contributed by atoms with Crippen LogP contribution in [0.3, 0.4) is 0 Å². The third-order valence-electron chi connectivity index (χ3n) is 5.98. The first-order valence-electron chi connectivity index (χ1n) is 10.3. The highest BCUT2D eigenvalue weighted by Gasteiger charge is 2.30. The molecular weight excluding hydrogens is 354 g/mol. The maximum Gasteiger partial charge on any atom is 0.345 e. The predicted octanol–water partition coefficient (Wildman–Crippen LogP) is 2.46. The van der Waals surface area contributed by atoms with Crippen molar-refractivity contribution in [1.82, 2.24) is 24.6 Å². The summed E-state index contributed by atoms with van der Waals surface area (Å²) in [6.07, 6.45) is 6.44. The number of benzene rings is 1. The van der Waals surface area contributed by atoms with Crippen molar-refractivity contribution >= 4 is 6.03 Å². The van der Waals surface area contributed by atoms with E-state index in [0.29, 0.717) is 19.1 Å². The fourth-order valence-electron chi connectivity index (χ4n) is 4.45. The normalized spacial score (nSPS) is 20.5. The number of hydrogen-bond donors (Lipinski definition) is 1. The van der Waals surface area contributed by atoms with E-state index in [0.717, 1.165) is 43.6 Å². The lowest BCUT2D eigenvalue weighted by Crippen LogP contribution is -2.48. The van der Waals surface area contributed by atoms with Crippen molar-refractivity contribution in [2.75, 3.05) is 13.1 Å². The molecule has 4 rings (SSSR count). The summed E-state index contributed by atoms with van der Waals surface area (Å²) < 4.78 is 3.17. The molecule has 2 aromatic rings. The topological polar surface area (TPSA) is 72.2 Å². The van der Waals surface area contributed by atoms with Gasteiger partial charge in [-0.3, -0.25) is 4.57 Å². The Morgan fingerprint density at radius 1 is 1.14 bits per heavy atom.